The van der Waals surface area contributed by atoms with Gasteiger partial charge in [0.25, 0.3) is 5.56 Å². The summed E-state index contributed by atoms with van der Waals surface area (Å²) in [6.07, 6.45) is 3.27. The molecule has 0 saturated carbocycles. The molecule has 4 rings (SSSR count). The number of pyridine rings is 1. The van der Waals surface area contributed by atoms with Crippen molar-refractivity contribution in [3.8, 4) is 5.69 Å². The molecule has 2 aromatic heterocycles. The Morgan fingerprint density at radius 3 is 2.55 bits per heavy atom. The Hall–Kier alpha value is -1.38. The molecule has 0 unspecified atom stereocenters. The van der Waals surface area contributed by atoms with Crippen LogP contribution in [0.2, 0.25) is 15.2 Å². The highest BCUT2D eigenvalue weighted by Crippen LogP contribution is 2.42. The van der Waals surface area contributed by atoms with E-state index in [4.69, 9.17) is 45.3 Å². The van der Waals surface area contributed by atoms with Gasteiger partial charge in [-0.25, -0.2) is 9.97 Å². The molecule has 2 aromatic rings. The van der Waals surface area contributed by atoms with Crippen LogP contribution in [0.25, 0.3) is 5.69 Å². The van der Waals surface area contributed by atoms with Gasteiger partial charge in [0.1, 0.15) is 21.0 Å². The summed E-state index contributed by atoms with van der Waals surface area (Å²) in [6, 6.07) is 1.62. The van der Waals surface area contributed by atoms with Gasteiger partial charge in [-0.2, -0.15) is 0 Å². The third kappa shape index (κ3) is 3.43. The van der Waals surface area contributed by atoms with Crippen molar-refractivity contribution in [2.24, 2.45) is 11.1 Å². The molecule has 2 fully saturated rings. The first-order valence-corrected chi connectivity index (χ1v) is 10.6. The van der Waals surface area contributed by atoms with Gasteiger partial charge in [-0.15, -0.1) is 0 Å². The molecule has 0 bridgehead atoms. The molecule has 2 N–H and O–H groups in total. The molecule has 0 radical (unpaired) electrons. The SMILES string of the molecule is Cc1nc(N2CCC3(CC2)CO[C@@H](C)[C@H]3N)c(Cl)c(=O)n1-c1ccnc(Cl)c1Cl. The van der Waals surface area contributed by atoms with Crippen LogP contribution in [0.4, 0.5) is 5.82 Å². The van der Waals surface area contributed by atoms with Gasteiger partial charge in [0.05, 0.1) is 18.4 Å². The lowest BCUT2D eigenvalue weighted by atomic mass is 9.73. The Balaban J connectivity index is 1.66. The van der Waals surface area contributed by atoms with E-state index < -0.39 is 5.56 Å². The minimum absolute atomic E-state index is 0.0152. The molecular formula is C19H22Cl3N5O2. The monoisotopic (exact) mass is 457 g/mol. The van der Waals surface area contributed by atoms with Crippen molar-refractivity contribution >= 4 is 40.6 Å². The summed E-state index contributed by atoms with van der Waals surface area (Å²) >= 11 is 18.7. The van der Waals surface area contributed by atoms with Crippen LogP contribution in [0.1, 0.15) is 25.6 Å². The Labute approximate surface area is 183 Å². The maximum Gasteiger partial charge on any atom is 0.279 e. The first-order valence-electron chi connectivity index (χ1n) is 9.47. The molecule has 10 heteroatoms. The fourth-order valence-corrected chi connectivity index (χ4v) is 4.90. The van der Waals surface area contributed by atoms with Crippen LogP contribution < -0.4 is 16.2 Å². The predicted octanol–water partition coefficient (Wildman–Crippen LogP) is 3.23. The smallest absolute Gasteiger partial charge is 0.279 e. The largest absolute Gasteiger partial charge is 0.376 e. The summed E-state index contributed by atoms with van der Waals surface area (Å²) in [4.78, 5) is 23.7. The summed E-state index contributed by atoms with van der Waals surface area (Å²) < 4.78 is 7.14. The zero-order valence-corrected chi connectivity index (χ0v) is 18.4. The number of nitrogens with two attached hydrogens (primary N) is 1. The van der Waals surface area contributed by atoms with Gasteiger partial charge in [-0.05, 0) is 32.8 Å². The van der Waals surface area contributed by atoms with E-state index in [1.807, 2.05) is 11.8 Å². The van der Waals surface area contributed by atoms with Crippen LogP contribution in [0.15, 0.2) is 17.1 Å². The molecule has 29 heavy (non-hydrogen) atoms. The van der Waals surface area contributed by atoms with Gasteiger partial charge < -0.3 is 15.4 Å². The number of nitrogens with zero attached hydrogens (tertiary/aromatic N) is 4. The highest BCUT2D eigenvalue weighted by molar-refractivity contribution is 6.42. The van der Waals surface area contributed by atoms with Crippen LogP contribution in [0.5, 0.6) is 0 Å². The van der Waals surface area contributed by atoms with Crippen molar-refractivity contribution in [2.75, 3.05) is 24.6 Å². The maximum atomic E-state index is 13.1. The van der Waals surface area contributed by atoms with Gasteiger partial charge in [-0.1, -0.05) is 34.8 Å². The molecule has 4 heterocycles. The van der Waals surface area contributed by atoms with Crippen molar-refractivity contribution in [2.45, 2.75) is 38.8 Å². The second-order valence-corrected chi connectivity index (χ2v) is 8.88. The molecular weight excluding hydrogens is 437 g/mol. The first-order chi connectivity index (χ1) is 13.7. The number of aryl methyl sites for hydroxylation is 1. The van der Waals surface area contributed by atoms with Gasteiger partial charge in [0.15, 0.2) is 5.82 Å². The van der Waals surface area contributed by atoms with E-state index in [1.54, 1.807) is 13.0 Å². The van der Waals surface area contributed by atoms with Crippen molar-refractivity contribution in [3.63, 3.8) is 0 Å². The molecule has 1 spiro atoms. The molecule has 2 aliphatic rings. The van der Waals surface area contributed by atoms with E-state index in [0.29, 0.717) is 37.0 Å². The van der Waals surface area contributed by atoms with Gasteiger partial charge in [0, 0.05) is 30.7 Å². The summed E-state index contributed by atoms with van der Waals surface area (Å²) in [6.45, 7) is 5.85. The van der Waals surface area contributed by atoms with E-state index in [0.717, 1.165) is 12.8 Å². The first kappa shape index (κ1) is 20.9. The molecule has 0 aromatic carbocycles. The highest BCUT2D eigenvalue weighted by Gasteiger charge is 2.47. The van der Waals surface area contributed by atoms with Crippen LogP contribution in [-0.2, 0) is 4.74 Å². The van der Waals surface area contributed by atoms with Crippen molar-refractivity contribution in [3.05, 3.63) is 43.6 Å². The molecule has 2 atom stereocenters. The number of halogens is 3. The quantitative estimate of drug-likeness (QED) is 0.695. The molecule has 156 valence electrons. The lowest BCUT2D eigenvalue weighted by Gasteiger charge is -2.41. The number of hydrogen-bond donors (Lipinski definition) is 1. The molecule has 2 saturated heterocycles. The minimum atomic E-state index is -0.395. The van der Waals surface area contributed by atoms with E-state index in [9.17, 15) is 4.79 Å². The minimum Gasteiger partial charge on any atom is -0.376 e. The van der Waals surface area contributed by atoms with E-state index in [2.05, 4.69) is 9.97 Å². The van der Waals surface area contributed by atoms with Gasteiger partial charge in [-0.3, -0.25) is 9.36 Å². The zero-order valence-electron chi connectivity index (χ0n) is 16.2. The summed E-state index contributed by atoms with van der Waals surface area (Å²) in [5.41, 5.74) is 6.38. The van der Waals surface area contributed by atoms with E-state index in [-0.39, 0.29) is 32.8 Å². The number of hydrogen-bond acceptors (Lipinski definition) is 6. The number of anilines is 1. The molecule has 7 nitrogen and oxygen atoms in total. The lowest BCUT2D eigenvalue weighted by molar-refractivity contribution is 0.0974. The number of aromatic nitrogens is 3. The molecule has 2 aliphatic heterocycles. The maximum absolute atomic E-state index is 13.1. The van der Waals surface area contributed by atoms with E-state index in [1.165, 1.54) is 10.8 Å². The fourth-order valence-electron chi connectivity index (χ4n) is 4.30. The average Bonchev–Trinajstić information content (AvgIpc) is 2.97. The van der Waals surface area contributed by atoms with Gasteiger partial charge >= 0.3 is 0 Å². The van der Waals surface area contributed by atoms with Crippen LogP contribution in [-0.4, -0.2) is 46.4 Å². The predicted molar refractivity (Wildman–Crippen MR) is 115 cm³/mol. The summed E-state index contributed by atoms with van der Waals surface area (Å²) in [5.74, 6) is 0.949. The normalized spacial score (nSPS) is 23.7. The van der Waals surface area contributed by atoms with Gasteiger partial charge in [0.2, 0.25) is 0 Å². The molecule has 0 aliphatic carbocycles. The Bertz CT molecular complexity index is 1000. The average molecular weight is 459 g/mol. The number of ether oxygens (including phenoxy) is 1. The van der Waals surface area contributed by atoms with Crippen molar-refractivity contribution < 1.29 is 4.74 Å². The van der Waals surface area contributed by atoms with Crippen LogP contribution >= 0.6 is 34.8 Å². The Morgan fingerprint density at radius 2 is 1.93 bits per heavy atom. The second kappa shape index (κ2) is 7.71. The topological polar surface area (TPSA) is 86.3 Å². The third-order valence-electron chi connectivity index (χ3n) is 6.15. The standard InChI is InChI=1S/C19H22Cl3N5O2/c1-10-15(23)19(9-29-10)4-7-26(8-5-19)17-14(21)18(28)27(11(2)25-17)12-3-6-24-16(22)13(12)20/h3,6,10,15H,4-5,7-9,23H2,1-2H3/t10-,15+/m0/s1. The Kier molecular flexibility index (Phi) is 5.55. The third-order valence-corrected chi connectivity index (χ3v) is 7.24. The van der Waals surface area contributed by atoms with Crippen molar-refractivity contribution in [1.82, 2.24) is 14.5 Å². The van der Waals surface area contributed by atoms with E-state index >= 15 is 0 Å². The summed E-state index contributed by atoms with van der Waals surface area (Å²) in [5, 5.41) is 0.339. The highest BCUT2D eigenvalue weighted by atomic mass is 35.5. The van der Waals surface area contributed by atoms with Crippen LogP contribution in [0.3, 0.4) is 0 Å². The zero-order chi connectivity index (χ0) is 20.9. The fraction of sp³-hybridized carbons (Fsp3) is 0.526. The summed E-state index contributed by atoms with van der Waals surface area (Å²) in [7, 11) is 0. The number of rotatable bonds is 2. The number of piperidine rings is 1. The van der Waals surface area contributed by atoms with Crippen molar-refractivity contribution in [1.29, 1.82) is 0 Å². The lowest BCUT2D eigenvalue weighted by Crippen LogP contribution is -2.51. The molecule has 0 amide bonds. The van der Waals surface area contributed by atoms with Crippen LogP contribution in [0, 0.1) is 12.3 Å². The second-order valence-electron chi connectivity index (χ2n) is 7.76. The Morgan fingerprint density at radius 1 is 1.24 bits per heavy atom.